The fraction of sp³-hybridized carbons (Fsp3) is 0.733. The lowest BCUT2D eigenvalue weighted by Crippen LogP contribution is -2.51. The third kappa shape index (κ3) is 5.96. The molecule has 1 unspecified atom stereocenters. The second-order valence-electron chi connectivity index (χ2n) is 6.07. The third-order valence-electron chi connectivity index (χ3n) is 3.52. The highest BCUT2D eigenvalue weighted by Crippen LogP contribution is 2.18. The van der Waals surface area contributed by atoms with Gasteiger partial charge in [-0.2, -0.15) is 0 Å². The average molecular weight is 341 g/mol. The third-order valence-corrected chi connectivity index (χ3v) is 4.35. The number of nitrogens with zero attached hydrogens (tertiary/aromatic N) is 4. The van der Waals surface area contributed by atoms with E-state index in [0.717, 1.165) is 31.3 Å². The van der Waals surface area contributed by atoms with Gasteiger partial charge in [-0.25, -0.2) is 4.98 Å². The van der Waals surface area contributed by atoms with E-state index in [9.17, 15) is 5.11 Å². The fourth-order valence-electron chi connectivity index (χ4n) is 2.29. The molecule has 1 saturated heterocycles. The van der Waals surface area contributed by atoms with Crippen LogP contribution in [0.4, 0.5) is 5.13 Å². The normalized spacial score (nSPS) is 17.8. The van der Waals surface area contributed by atoms with Crippen LogP contribution in [0.25, 0.3) is 0 Å². The van der Waals surface area contributed by atoms with Crippen LogP contribution in [0.3, 0.4) is 0 Å². The first kappa shape index (κ1) is 18.0. The van der Waals surface area contributed by atoms with Crippen molar-refractivity contribution in [3.05, 3.63) is 11.6 Å². The van der Waals surface area contributed by atoms with Gasteiger partial charge in [-0.3, -0.25) is 4.99 Å². The number of anilines is 1. The molecule has 3 N–H and O–H groups in total. The van der Waals surface area contributed by atoms with Gasteiger partial charge in [-0.05, 0) is 5.92 Å². The monoisotopic (exact) mass is 341 g/mol. The van der Waals surface area contributed by atoms with E-state index in [1.165, 1.54) is 0 Å². The average Bonchev–Trinajstić information content (AvgIpc) is 3.07. The van der Waals surface area contributed by atoms with Gasteiger partial charge in [0, 0.05) is 44.4 Å². The largest absolute Gasteiger partial charge is 0.389 e. The molecule has 1 aliphatic rings. The van der Waals surface area contributed by atoms with Crippen LogP contribution in [-0.4, -0.2) is 73.0 Å². The van der Waals surface area contributed by atoms with Gasteiger partial charge in [0.15, 0.2) is 11.1 Å². The second-order valence-corrected chi connectivity index (χ2v) is 6.95. The molecule has 0 spiro atoms. The predicted octanol–water partition coefficient (Wildman–Crippen LogP) is 0.613. The number of hydrogen-bond donors (Lipinski definition) is 2. The number of aromatic nitrogens is 1. The van der Waals surface area contributed by atoms with Crippen molar-refractivity contribution in [2.45, 2.75) is 20.0 Å². The van der Waals surface area contributed by atoms with Crippen molar-refractivity contribution < 1.29 is 9.84 Å². The Morgan fingerprint density at radius 2 is 2.13 bits per heavy atom. The number of hydrogen-bond acceptors (Lipinski definition) is 6. The van der Waals surface area contributed by atoms with Crippen molar-refractivity contribution in [2.75, 3.05) is 50.8 Å². The Balaban J connectivity index is 1.70. The molecule has 1 aromatic heterocycles. The minimum atomic E-state index is -0.607. The van der Waals surface area contributed by atoms with E-state index >= 15 is 0 Å². The highest BCUT2D eigenvalue weighted by molar-refractivity contribution is 7.13. The summed E-state index contributed by atoms with van der Waals surface area (Å²) in [6.07, 6.45) is 1.22. The summed E-state index contributed by atoms with van der Waals surface area (Å²) in [5.41, 5.74) is 6.03. The van der Waals surface area contributed by atoms with Crippen molar-refractivity contribution in [2.24, 2.45) is 16.6 Å². The topological polar surface area (TPSA) is 87.2 Å². The van der Waals surface area contributed by atoms with Crippen LogP contribution in [0.2, 0.25) is 0 Å². The Morgan fingerprint density at radius 3 is 2.74 bits per heavy atom. The van der Waals surface area contributed by atoms with Crippen LogP contribution in [0.1, 0.15) is 13.8 Å². The zero-order valence-electron chi connectivity index (χ0n) is 13.9. The zero-order chi connectivity index (χ0) is 16.7. The molecular formula is C15H27N5O2S. The van der Waals surface area contributed by atoms with Gasteiger partial charge in [0.25, 0.3) is 0 Å². The van der Waals surface area contributed by atoms with Crippen LogP contribution in [0, 0.1) is 5.92 Å². The number of rotatable bonds is 7. The van der Waals surface area contributed by atoms with E-state index in [0.29, 0.717) is 25.1 Å². The zero-order valence-corrected chi connectivity index (χ0v) is 14.7. The van der Waals surface area contributed by atoms with Gasteiger partial charge >= 0.3 is 0 Å². The molecule has 0 radical (unpaired) electrons. The number of thiazole rings is 1. The fourth-order valence-corrected chi connectivity index (χ4v) is 2.99. The first-order valence-corrected chi connectivity index (χ1v) is 8.89. The number of aliphatic hydroxyl groups excluding tert-OH is 1. The molecular weight excluding hydrogens is 314 g/mol. The molecule has 1 aromatic rings. The van der Waals surface area contributed by atoms with Crippen LogP contribution in [-0.2, 0) is 4.74 Å². The molecule has 1 atom stereocenters. The van der Waals surface area contributed by atoms with E-state index in [-0.39, 0.29) is 6.54 Å². The molecule has 8 heteroatoms. The van der Waals surface area contributed by atoms with Crippen molar-refractivity contribution in [3.63, 3.8) is 0 Å². The van der Waals surface area contributed by atoms with E-state index in [2.05, 4.69) is 28.7 Å². The minimum absolute atomic E-state index is 0.274. The summed E-state index contributed by atoms with van der Waals surface area (Å²) in [4.78, 5) is 12.9. The Bertz CT molecular complexity index is 472. The molecule has 1 fully saturated rings. The number of nitrogens with two attached hydrogens (primary N) is 1. The lowest BCUT2D eigenvalue weighted by molar-refractivity contribution is 0.0301. The second kappa shape index (κ2) is 9.05. The van der Waals surface area contributed by atoms with Crippen LogP contribution in [0.5, 0.6) is 0 Å². The maximum absolute atomic E-state index is 9.86. The minimum Gasteiger partial charge on any atom is -0.389 e. The number of guanidine groups is 1. The standard InChI is InChI=1S/C15H27N5O2S/c1-12(2)10-22-11-13(21)9-18-14(16)19-4-6-20(7-5-19)15-17-3-8-23-15/h3,8,12-13,21H,4-7,9-11H2,1-2H3,(H2,16,18). The number of aliphatic imine (C=N–C) groups is 1. The Morgan fingerprint density at radius 1 is 1.39 bits per heavy atom. The van der Waals surface area contributed by atoms with Gasteiger partial charge in [-0.15, -0.1) is 11.3 Å². The summed E-state index contributed by atoms with van der Waals surface area (Å²) in [6, 6.07) is 0. The van der Waals surface area contributed by atoms with Gasteiger partial charge in [-0.1, -0.05) is 13.8 Å². The van der Waals surface area contributed by atoms with E-state index in [4.69, 9.17) is 10.5 Å². The maximum Gasteiger partial charge on any atom is 0.191 e. The van der Waals surface area contributed by atoms with Crippen molar-refractivity contribution in [3.8, 4) is 0 Å². The SMILES string of the molecule is CC(C)COCC(O)CN=C(N)N1CCN(c2nccs2)CC1. The number of aliphatic hydroxyl groups is 1. The molecule has 0 bridgehead atoms. The quantitative estimate of drug-likeness (QED) is 0.558. The summed E-state index contributed by atoms with van der Waals surface area (Å²) in [5.74, 6) is 0.955. The van der Waals surface area contributed by atoms with Gasteiger partial charge in [0.05, 0.1) is 19.3 Å². The van der Waals surface area contributed by atoms with Gasteiger partial charge in [0.2, 0.25) is 0 Å². The van der Waals surface area contributed by atoms with E-state index < -0.39 is 6.10 Å². The van der Waals surface area contributed by atoms with Crippen molar-refractivity contribution in [1.29, 1.82) is 0 Å². The van der Waals surface area contributed by atoms with Crippen molar-refractivity contribution in [1.82, 2.24) is 9.88 Å². The Kier molecular flexibility index (Phi) is 7.07. The van der Waals surface area contributed by atoms with Gasteiger partial charge in [0.1, 0.15) is 0 Å². The molecule has 130 valence electrons. The van der Waals surface area contributed by atoms with E-state index in [1.807, 2.05) is 16.5 Å². The summed E-state index contributed by atoms with van der Waals surface area (Å²) < 4.78 is 5.40. The van der Waals surface area contributed by atoms with E-state index in [1.54, 1.807) is 11.3 Å². The summed E-state index contributed by atoms with van der Waals surface area (Å²) in [5, 5.41) is 12.9. The number of piperazine rings is 1. The first-order chi connectivity index (χ1) is 11.1. The number of ether oxygens (including phenoxy) is 1. The molecule has 7 nitrogen and oxygen atoms in total. The van der Waals surface area contributed by atoms with Gasteiger partial charge < -0.3 is 25.4 Å². The van der Waals surface area contributed by atoms with Crippen LogP contribution >= 0.6 is 11.3 Å². The molecule has 2 rings (SSSR count). The van der Waals surface area contributed by atoms with Crippen LogP contribution in [0.15, 0.2) is 16.6 Å². The Hall–Kier alpha value is -1.38. The molecule has 0 aromatic carbocycles. The molecule has 23 heavy (non-hydrogen) atoms. The summed E-state index contributed by atoms with van der Waals surface area (Å²) in [6.45, 7) is 8.76. The highest BCUT2D eigenvalue weighted by Gasteiger charge is 2.20. The maximum atomic E-state index is 9.86. The molecule has 2 heterocycles. The van der Waals surface area contributed by atoms with Crippen LogP contribution < -0.4 is 10.6 Å². The first-order valence-electron chi connectivity index (χ1n) is 8.01. The lowest BCUT2D eigenvalue weighted by atomic mass is 10.2. The summed E-state index contributed by atoms with van der Waals surface area (Å²) >= 11 is 1.65. The smallest absolute Gasteiger partial charge is 0.191 e. The predicted molar refractivity (Wildman–Crippen MR) is 94.1 cm³/mol. The Labute approximate surface area is 141 Å². The molecule has 0 saturated carbocycles. The highest BCUT2D eigenvalue weighted by atomic mass is 32.1. The molecule has 0 amide bonds. The lowest BCUT2D eigenvalue weighted by Gasteiger charge is -2.35. The molecule has 0 aliphatic carbocycles. The molecule has 1 aliphatic heterocycles. The summed E-state index contributed by atoms with van der Waals surface area (Å²) in [7, 11) is 0. The van der Waals surface area contributed by atoms with Crippen molar-refractivity contribution >= 4 is 22.4 Å².